The molecule has 1 aliphatic rings. The topological polar surface area (TPSA) is 92.5 Å². The Morgan fingerprint density at radius 3 is 2.61 bits per heavy atom. The van der Waals surface area contributed by atoms with E-state index in [2.05, 4.69) is 4.98 Å². The molecule has 1 saturated heterocycles. The lowest BCUT2D eigenvalue weighted by molar-refractivity contribution is -0.119. The van der Waals surface area contributed by atoms with E-state index in [1.807, 2.05) is 18.4 Å². The number of nitrogens with zero attached hydrogens (tertiary/aromatic N) is 5. The van der Waals surface area contributed by atoms with Gasteiger partial charge in [-0.1, -0.05) is 0 Å². The molecule has 9 nitrogen and oxygen atoms in total. The highest BCUT2D eigenvalue weighted by molar-refractivity contribution is 5.81. The fourth-order valence-electron chi connectivity index (χ4n) is 4.02. The molecular weight excluding hydrogens is 362 g/mol. The SMILES string of the molecule is CC(=O)[C@H](C)n1c(=O)c2c(nc3n(C[C@H]4CCCO4)c(C)c(C)n23)n(C)c1=O. The van der Waals surface area contributed by atoms with E-state index >= 15 is 0 Å². The van der Waals surface area contributed by atoms with Crippen LogP contribution >= 0.6 is 0 Å². The monoisotopic (exact) mass is 387 g/mol. The molecular formula is C19H25N5O4. The van der Waals surface area contributed by atoms with Crippen LogP contribution in [0, 0.1) is 13.8 Å². The van der Waals surface area contributed by atoms with Crippen molar-refractivity contribution in [1.29, 1.82) is 0 Å². The van der Waals surface area contributed by atoms with E-state index in [0.717, 1.165) is 35.4 Å². The van der Waals surface area contributed by atoms with Crippen LogP contribution in [0.5, 0.6) is 0 Å². The molecule has 0 amide bonds. The van der Waals surface area contributed by atoms with Gasteiger partial charge in [-0.2, -0.15) is 4.98 Å². The summed E-state index contributed by atoms with van der Waals surface area (Å²) in [6.45, 7) is 8.27. The summed E-state index contributed by atoms with van der Waals surface area (Å²) in [6, 6.07) is -0.837. The van der Waals surface area contributed by atoms with Gasteiger partial charge in [0, 0.05) is 25.0 Å². The van der Waals surface area contributed by atoms with Gasteiger partial charge in [0.05, 0.1) is 18.7 Å². The molecule has 0 spiro atoms. The molecule has 0 bridgehead atoms. The van der Waals surface area contributed by atoms with Gasteiger partial charge in [-0.15, -0.1) is 0 Å². The fourth-order valence-corrected chi connectivity index (χ4v) is 4.02. The van der Waals surface area contributed by atoms with E-state index < -0.39 is 17.3 Å². The second-order valence-corrected chi connectivity index (χ2v) is 7.64. The summed E-state index contributed by atoms with van der Waals surface area (Å²) < 4.78 is 12.0. The van der Waals surface area contributed by atoms with Crippen molar-refractivity contribution in [1.82, 2.24) is 23.1 Å². The minimum atomic E-state index is -0.837. The Bertz CT molecular complexity index is 1220. The number of carbonyl (C=O) groups is 1. The molecule has 0 saturated carbocycles. The Hall–Kier alpha value is -2.68. The highest BCUT2D eigenvalue weighted by atomic mass is 16.5. The zero-order valence-corrected chi connectivity index (χ0v) is 16.9. The van der Waals surface area contributed by atoms with Crippen molar-refractivity contribution in [3.63, 3.8) is 0 Å². The minimum absolute atomic E-state index is 0.118. The number of hydrogen-bond donors (Lipinski definition) is 0. The molecule has 150 valence electrons. The largest absolute Gasteiger partial charge is 0.376 e. The van der Waals surface area contributed by atoms with Gasteiger partial charge >= 0.3 is 5.69 Å². The first-order valence-electron chi connectivity index (χ1n) is 9.55. The van der Waals surface area contributed by atoms with Crippen LogP contribution in [0.1, 0.15) is 44.1 Å². The summed E-state index contributed by atoms with van der Waals surface area (Å²) >= 11 is 0. The molecule has 2 atom stereocenters. The molecule has 4 rings (SSSR count). The van der Waals surface area contributed by atoms with Crippen LogP contribution < -0.4 is 11.2 Å². The molecule has 1 fully saturated rings. The van der Waals surface area contributed by atoms with E-state index in [-0.39, 0.29) is 11.9 Å². The normalized spacial score (nSPS) is 18.4. The smallest absolute Gasteiger partial charge is 0.333 e. The minimum Gasteiger partial charge on any atom is -0.376 e. The molecule has 0 N–H and O–H groups in total. The van der Waals surface area contributed by atoms with Crippen LogP contribution in [0.3, 0.4) is 0 Å². The lowest BCUT2D eigenvalue weighted by Gasteiger charge is -2.13. The molecule has 3 aromatic heterocycles. The van der Waals surface area contributed by atoms with E-state index in [0.29, 0.717) is 23.5 Å². The number of imidazole rings is 2. The standard InChI is InChI=1S/C19H25N5O4/c1-10-11(2)23-15-16(20-18(23)22(10)9-14-7-6-8-28-14)21(5)19(27)24(17(15)26)12(3)13(4)25/h12,14H,6-9H2,1-5H3/t12-,14+/m0/s1. The third-order valence-corrected chi connectivity index (χ3v) is 5.96. The molecule has 0 radical (unpaired) electrons. The maximum atomic E-state index is 13.2. The summed E-state index contributed by atoms with van der Waals surface area (Å²) in [4.78, 5) is 42.5. The second kappa shape index (κ2) is 6.44. The molecule has 28 heavy (non-hydrogen) atoms. The Labute approximate surface area is 161 Å². The van der Waals surface area contributed by atoms with Crippen molar-refractivity contribution < 1.29 is 9.53 Å². The van der Waals surface area contributed by atoms with Gasteiger partial charge in [0.25, 0.3) is 5.56 Å². The van der Waals surface area contributed by atoms with Gasteiger partial charge in [-0.3, -0.25) is 18.6 Å². The Kier molecular flexibility index (Phi) is 4.29. The van der Waals surface area contributed by atoms with Crippen molar-refractivity contribution in [2.45, 2.75) is 59.2 Å². The van der Waals surface area contributed by atoms with Crippen LogP contribution in [0.2, 0.25) is 0 Å². The first-order chi connectivity index (χ1) is 13.2. The molecule has 1 aliphatic heterocycles. The number of ether oxygens (including phenoxy) is 1. The number of Topliss-reactive ketones (excluding diaryl/α,β-unsaturated/α-hetero) is 1. The zero-order valence-electron chi connectivity index (χ0n) is 16.9. The molecule has 4 heterocycles. The van der Waals surface area contributed by atoms with E-state index in [4.69, 9.17) is 4.74 Å². The van der Waals surface area contributed by atoms with Gasteiger partial charge < -0.3 is 9.30 Å². The Morgan fingerprint density at radius 2 is 2.00 bits per heavy atom. The summed E-state index contributed by atoms with van der Waals surface area (Å²) in [5.74, 6) is 0.365. The summed E-state index contributed by atoms with van der Waals surface area (Å²) in [5.41, 5.74) is 1.48. The van der Waals surface area contributed by atoms with Crippen LogP contribution in [0.25, 0.3) is 16.9 Å². The quantitative estimate of drug-likeness (QED) is 0.668. The van der Waals surface area contributed by atoms with Crippen LogP contribution in [0.15, 0.2) is 9.59 Å². The molecule has 9 heteroatoms. The van der Waals surface area contributed by atoms with Crippen molar-refractivity contribution in [2.75, 3.05) is 6.61 Å². The van der Waals surface area contributed by atoms with Crippen LogP contribution in [-0.2, 0) is 23.1 Å². The first kappa shape index (κ1) is 18.7. The second-order valence-electron chi connectivity index (χ2n) is 7.64. The number of fused-ring (bicyclic) bond motifs is 3. The van der Waals surface area contributed by atoms with Crippen molar-refractivity contribution in [2.24, 2.45) is 7.05 Å². The van der Waals surface area contributed by atoms with Gasteiger partial charge in [0.1, 0.15) is 0 Å². The molecule has 0 unspecified atom stereocenters. The lowest BCUT2D eigenvalue weighted by Crippen LogP contribution is -2.42. The average Bonchev–Trinajstić information content (AvgIpc) is 3.34. The predicted octanol–water partition coefficient (Wildman–Crippen LogP) is 1.10. The summed E-state index contributed by atoms with van der Waals surface area (Å²) in [7, 11) is 1.58. The maximum Gasteiger partial charge on any atom is 0.333 e. The average molecular weight is 387 g/mol. The molecule has 0 aliphatic carbocycles. The van der Waals surface area contributed by atoms with E-state index in [9.17, 15) is 14.4 Å². The van der Waals surface area contributed by atoms with Crippen LogP contribution in [-0.4, -0.2) is 41.6 Å². The van der Waals surface area contributed by atoms with Crippen molar-refractivity contribution >= 4 is 22.7 Å². The third kappa shape index (κ3) is 2.49. The van der Waals surface area contributed by atoms with Gasteiger partial charge in [-0.25, -0.2) is 9.36 Å². The molecule has 3 aromatic rings. The number of carbonyl (C=O) groups excluding carboxylic acids is 1. The van der Waals surface area contributed by atoms with E-state index in [1.54, 1.807) is 18.4 Å². The first-order valence-corrected chi connectivity index (χ1v) is 9.55. The maximum absolute atomic E-state index is 13.2. The molecule has 0 aromatic carbocycles. The highest BCUT2D eigenvalue weighted by Crippen LogP contribution is 2.23. The third-order valence-electron chi connectivity index (χ3n) is 5.96. The van der Waals surface area contributed by atoms with Crippen LogP contribution in [0.4, 0.5) is 0 Å². The Morgan fingerprint density at radius 1 is 1.29 bits per heavy atom. The summed E-state index contributed by atoms with van der Waals surface area (Å²) in [5, 5.41) is 0. The lowest BCUT2D eigenvalue weighted by atomic mass is 10.2. The number of hydrogen-bond acceptors (Lipinski definition) is 5. The highest BCUT2D eigenvalue weighted by Gasteiger charge is 2.26. The predicted molar refractivity (Wildman–Crippen MR) is 104 cm³/mol. The van der Waals surface area contributed by atoms with E-state index in [1.165, 1.54) is 11.5 Å². The number of aryl methyl sites for hydroxylation is 2. The van der Waals surface area contributed by atoms with Crippen molar-refractivity contribution in [3.05, 3.63) is 32.2 Å². The number of ketones is 1. The van der Waals surface area contributed by atoms with Gasteiger partial charge in [0.2, 0.25) is 5.78 Å². The fraction of sp³-hybridized carbons (Fsp3) is 0.579. The summed E-state index contributed by atoms with van der Waals surface area (Å²) in [6.07, 6.45) is 2.15. The van der Waals surface area contributed by atoms with Gasteiger partial charge in [0.15, 0.2) is 16.9 Å². The van der Waals surface area contributed by atoms with Crippen molar-refractivity contribution in [3.8, 4) is 0 Å². The number of aromatic nitrogens is 5. The zero-order chi connectivity index (χ0) is 20.3. The van der Waals surface area contributed by atoms with Gasteiger partial charge in [-0.05, 0) is 40.5 Å². The Balaban J connectivity index is 2.06. The number of rotatable bonds is 4.